The van der Waals surface area contributed by atoms with Crippen LogP contribution in [0.3, 0.4) is 0 Å². The van der Waals surface area contributed by atoms with E-state index < -0.39 is 0 Å². The molecule has 2 rings (SSSR count). The Morgan fingerprint density at radius 3 is 1.40 bits per heavy atom. The second kappa shape index (κ2) is 5.24. The number of pyridine rings is 2. The number of rotatable bonds is 3. The van der Waals surface area contributed by atoms with Crippen molar-refractivity contribution in [2.45, 2.75) is 0 Å². The zero-order valence-corrected chi connectivity index (χ0v) is 12.1. The molecule has 0 atom stereocenters. The summed E-state index contributed by atoms with van der Waals surface area (Å²) in [5.41, 5.74) is 2.38. The highest BCUT2D eigenvalue weighted by Crippen LogP contribution is 2.20. The molecule has 0 radical (unpaired) electrons. The molecule has 0 bridgehead atoms. The molecule has 106 valence electrons. The van der Waals surface area contributed by atoms with Crippen LogP contribution in [0.25, 0.3) is 11.4 Å². The monoisotopic (exact) mass is 274 g/mol. The number of nitrogens with zero attached hydrogens (tertiary/aromatic N) is 4. The summed E-state index contributed by atoms with van der Waals surface area (Å²) in [6.45, 7) is 0. The fraction of sp³-hybridized carbons (Fsp3) is 0.286. The molecule has 0 spiro atoms. The molecule has 6 heteroatoms. The summed E-state index contributed by atoms with van der Waals surface area (Å²) in [4.78, 5) is 3.77. The Balaban J connectivity index is 2.61. The summed E-state index contributed by atoms with van der Waals surface area (Å²) >= 11 is 0. The highest BCUT2D eigenvalue weighted by molar-refractivity contribution is 5.60. The molecule has 20 heavy (non-hydrogen) atoms. The van der Waals surface area contributed by atoms with E-state index in [9.17, 15) is 10.4 Å². The van der Waals surface area contributed by atoms with E-state index >= 15 is 0 Å². The predicted octanol–water partition coefficient (Wildman–Crippen LogP) is 0.752. The Hall–Kier alpha value is -2.50. The summed E-state index contributed by atoms with van der Waals surface area (Å²) in [6.07, 6.45) is 2.82. The summed E-state index contributed by atoms with van der Waals surface area (Å²) in [5.74, 6) is 0. The molecule has 2 heterocycles. The fourth-order valence-corrected chi connectivity index (χ4v) is 1.88. The van der Waals surface area contributed by atoms with Gasteiger partial charge < -0.3 is 20.2 Å². The Bertz CT molecular complexity index is 571. The maximum atomic E-state index is 12.0. The normalized spacial score (nSPS) is 10.4. The van der Waals surface area contributed by atoms with Crippen LogP contribution in [0.15, 0.2) is 36.7 Å². The van der Waals surface area contributed by atoms with Crippen LogP contribution in [0.2, 0.25) is 0 Å². The van der Waals surface area contributed by atoms with Crippen molar-refractivity contribution in [3.63, 3.8) is 0 Å². The van der Waals surface area contributed by atoms with Gasteiger partial charge in [0, 0.05) is 63.8 Å². The van der Waals surface area contributed by atoms with Crippen molar-refractivity contribution in [1.82, 2.24) is 0 Å². The molecule has 0 aliphatic carbocycles. The lowest BCUT2D eigenvalue weighted by Crippen LogP contribution is -2.37. The third-order valence-corrected chi connectivity index (χ3v) is 3.10. The quantitative estimate of drug-likeness (QED) is 0.612. The first kappa shape index (κ1) is 13.9. The first-order valence-electron chi connectivity index (χ1n) is 6.21. The first-order valence-corrected chi connectivity index (χ1v) is 6.21. The molecule has 0 aliphatic heterocycles. The van der Waals surface area contributed by atoms with Crippen molar-refractivity contribution in [2.75, 3.05) is 38.0 Å². The van der Waals surface area contributed by atoms with Crippen molar-refractivity contribution >= 4 is 11.4 Å². The average Bonchev–Trinajstić information content (AvgIpc) is 2.39. The van der Waals surface area contributed by atoms with Crippen LogP contribution in [0.1, 0.15) is 0 Å². The largest absolute Gasteiger partial charge is 0.618 e. The third kappa shape index (κ3) is 2.59. The molecule has 0 fully saturated rings. The molecule has 0 aliphatic rings. The van der Waals surface area contributed by atoms with Gasteiger partial charge in [0.1, 0.15) is 0 Å². The average molecular weight is 274 g/mol. The maximum Gasteiger partial charge on any atom is 0.292 e. The molecule has 0 saturated carbocycles. The van der Waals surface area contributed by atoms with E-state index in [0.717, 1.165) is 11.4 Å². The van der Waals surface area contributed by atoms with Crippen molar-refractivity contribution in [3.8, 4) is 11.4 Å². The van der Waals surface area contributed by atoms with Crippen LogP contribution in [0.5, 0.6) is 0 Å². The van der Waals surface area contributed by atoms with Gasteiger partial charge in [-0.15, -0.1) is 0 Å². The van der Waals surface area contributed by atoms with Gasteiger partial charge in [-0.3, -0.25) is 0 Å². The fourth-order valence-electron chi connectivity index (χ4n) is 1.88. The van der Waals surface area contributed by atoms with Crippen LogP contribution in [0, 0.1) is 10.4 Å². The Morgan fingerprint density at radius 2 is 1.10 bits per heavy atom. The minimum Gasteiger partial charge on any atom is -0.618 e. The Labute approximate surface area is 118 Å². The molecular weight excluding hydrogens is 256 g/mol. The highest BCUT2D eigenvalue weighted by atomic mass is 16.5. The summed E-state index contributed by atoms with van der Waals surface area (Å²) in [7, 11) is 7.54. The SMILES string of the molecule is CN(C)c1cc[n+]([O-])c(-c2cc(N(C)C)cc[n+]2[O-])c1. The van der Waals surface area contributed by atoms with Crippen LogP contribution in [0.4, 0.5) is 11.4 Å². The number of aromatic nitrogens is 2. The highest BCUT2D eigenvalue weighted by Gasteiger charge is 2.20. The van der Waals surface area contributed by atoms with Crippen molar-refractivity contribution < 1.29 is 9.46 Å². The molecule has 6 nitrogen and oxygen atoms in total. The molecule has 0 aromatic carbocycles. The zero-order valence-electron chi connectivity index (χ0n) is 12.1. The van der Waals surface area contributed by atoms with E-state index in [4.69, 9.17) is 0 Å². The second-order valence-corrected chi connectivity index (χ2v) is 4.98. The summed E-state index contributed by atoms with van der Waals surface area (Å²) < 4.78 is 1.41. The second-order valence-electron chi connectivity index (χ2n) is 4.98. The van der Waals surface area contributed by atoms with Gasteiger partial charge in [-0.25, -0.2) is 0 Å². The lowest BCUT2D eigenvalue weighted by molar-refractivity contribution is -0.625. The van der Waals surface area contributed by atoms with Gasteiger partial charge in [-0.1, -0.05) is 0 Å². The zero-order chi connectivity index (χ0) is 14.9. The van der Waals surface area contributed by atoms with Gasteiger partial charge in [-0.2, -0.15) is 9.46 Å². The summed E-state index contributed by atoms with van der Waals surface area (Å²) in [5, 5.41) is 23.9. The van der Waals surface area contributed by atoms with Gasteiger partial charge in [0.2, 0.25) is 0 Å². The van der Waals surface area contributed by atoms with E-state index in [1.165, 1.54) is 12.4 Å². The van der Waals surface area contributed by atoms with Gasteiger partial charge in [-0.05, 0) is 0 Å². The lowest BCUT2D eigenvalue weighted by atomic mass is 10.2. The number of hydrogen-bond donors (Lipinski definition) is 0. The molecule has 0 unspecified atom stereocenters. The number of anilines is 2. The molecule has 0 N–H and O–H groups in total. The van der Waals surface area contributed by atoms with E-state index in [0.29, 0.717) is 20.8 Å². The van der Waals surface area contributed by atoms with E-state index in [2.05, 4.69) is 0 Å². The minimum atomic E-state index is 0.329. The Morgan fingerprint density at radius 1 is 0.750 bits per heavy atom. The minimum absolute atomic E-state index is 0.329. The standard InChI is InChI=1S/C14H18N4O2/c1-15(2)11-5-7-17(19)13(9-11)14-10-12(16(3)4)6-8-18(14)20/h5-10H,1-4H3. The van der Waals surface area contributed by atoms with Crippen LogP contribution in [-0.2, 0) is 0 Å². The molecule has 2 aromatic heterocycles. The van der Waals surface area contributed by atoms with Crippen LogP contribution < -0.4 is 19.3 Å². The lowest BCUT2D eigenvalue weighted by Gasteiger charge is -2.15. The van der Waals surface area contributed by atoms with E-state index in [-0.39, 0.29) is 0 Å². The smallest absolute Gasteiger partial charge is 0.292 e. The predicted molar refractivity (Wildman–Crippen MR) is 78.5 cm³/mol. The van der Waals surface area contributed by atoms with E-state index in [1.54, 1.807) is 24.3 Å². The molecule has 0 amide bonds. The molecule has 0 saturated heterocycles. The third-order valence-electron chi connectivity index (χ3n) is 3.10. The number of hydrogen-bond acceptors (Lipinski definition) is 4. The topological polar surface area (TPSA) is 60.4 Å². The molecular formula is C14H18N4O2. The van der Waals surface area contributed by atoms with Crippen molar-refractivity contribution in [2.24, 2.45) is 0 Å². The van der Waals surface area contributed by atoms with Gasteiger partial charge in [0.15, 0.2) is 12.4 Å². The van der Waals surface area contributed by atoms with Crippen LogP contribution >= 0.6 is 0 Å². The Kier molecular flexibility index (Phi) is 3.65. The first-order chi connectivity index (χ1) is 9.40. The molecule has 2 aromatic rings. The van der Waals surface area contributed by atoms with Crippen LogP contribution in [-0.4, -0.2) is 28.2 Å². The van der Waals surface area contributed by atoms with Gasteiger partial charge in [0.05, 0.1) is 0 Å². The van der Waals surface area contributed by atoms with Crippen molar-refractivity contribution in [1.29, 1.82) is 0 Å². The van der Waals surface area contributed by atoms with Gasteiger partial charge >= 0.3 is 0 Å². The van der Waals surface area contributed by atoms with E-state index in [1.807, 2.05) is 38.0 Å². The van der Waals surface area contributed by atoms with Crippen molar-refractivity contribution in [3.05, 3.63) is 47.1 Å². The summed E-state index contributed by atoms with van der Waals surface area (Å²) in [6, 6.07) is 6.83. The maximum absolute atomic E-state index is 12.0. The van der Waals surface area contributed by atoms with Gasteiger partial charge in [0.25, 0.3) is 11.4 Å².